The highest BCUT2D eigenvalue weighted by Gasteiger charge is 2.01. The highest BCUT2D eigenvalue weighted by molar-refractivity contribution is 14.1. The van der Waals surface area contributed by atoms with Crippen molar-refractivity contribution in [1.29, 1.82) is 5.41 Å². The molecule has 4 nitrogen and oxygen atoms in total. The summed E-state index contributed by atoms with van der Waals surface area (Å²) < 4.78 is 5.32. The number of nitrogens with one attached hydrogen (secondary N) is 1. The molecule has 0 saturated heterocycles. The third-order valence-electron chi connectivity index (χ3n) is 0.747. The molecular formula is C4H4IN3O. The molecule has 9 heavy (non-hydrogen) atoms. The fraction of sp³-hybridized carbons (Fsp3) is 0. The smallest absolute Gasteiger partial charge is 0.202 e. The summed E-state index contributed by atoms with van der Waals surface area (Å²) in [5, 5.41) is 10.4. The minimum Gasteiger partial charge on any atom is -0.381 e. The number of rotatable bonds is 1. The van der Waals surface area contributed by atoms with Crippen molar-refractivity contribution >= 4 is 28.4 Å². The summed E-state index contributed by atoms with van der Waals surface area (Å²) in [5.41, 5.74) is 5.07. The minimum absolute atomic E-state index is 0.0922. The molecule has 1 rings (SSSR count). The predicted molar refractivity (Wildman–Crippen MR) is 40.2 cm³/mol. The fourth-order valence-electron chi connectivity index (χ4n) is 0.381. The zero-order valence-corrected chi connectivity index (χ0v) is 6.55. The first-order valence-electron chi connectivity index (χ1n) is 2.17. The van der Waals surface area contributed by atoms with Crippen molar-refractivity contribution in [3.63, 3.8) is 0 Å². The normalized spacial score (nSPS) is 9.44. The predicted octanol–water partition coefficient (Wildman–Crippen LogP) is 0.563. The maximum atomic E-state index is 6.89. The van der Waals surface area contributed by atoms with Crippen molar-refractivity contribution in [3.05, 3.63) is 15.5 Å². The lowest BCUT2D eigenvalue weighted by molar-refractivity contribution is 0.408. The molecule has 0 spiro atoms. The molecule has 0 atom stereocenters. The van der Waals surface area contributed by atoms with Crippen LogP contribution < -0.4 is 5.73 Å². The molecule has 1 aromatic rings. The van der Waals surface area contributed by atoms with E-state index >= 15 is 0 Å². The molecule has 0 aromatic carbocycles. The van der Waals surface area contributed by atoms with Crippen LogP contribution in [0.1, 0.15) is 5.76 Å². The number of halogens is 1. The summed E-state index contributed by atoms with van der Waals surface area (Å²) in [5.74, 6) is 0.227. The Morgan fingerprint density at radius 2 is 2.56 bits per heavy atom. The van der Waals surface area contributed by atoms with Crippen LogP contribution in [0.3, 0.4) is 0 Å². The van der Waals surface area contributed by atoms with Crippen molar-refractivity contribution in [3.8, 4) is 0 Å². The third-order valence-corrected chi connectivity index (χ3v) is 1.26. The summed E-state index contributed by atoms with van der Waals surface area (Å²) in [6.45, 7) is 0. The van der Waals surface area contributed by atoms with E-state index in [1.807, 2.05) is 22.6 Å². The van der Waals surface area contributed by atoms with Crippen LogP contribution in [0.25, 0.3) is 0 Å². The van der Waals surface area contributed by atoms with E-state index in [9.17, 15) is 0 Å². The average molecular weight is 237 g/mol. The van der Waals surface area contributed by atoms with Crippen molar-refractivity contribution in [2.75, 3.05) is 0 Å². The van der Waals surface area contributed by atoms with E-state index in [2.05, 4.69) is 9.68 Å². The van der Waals surface area contributed by atoms with E-state index in [0.717, 1.165) is 0 Å². The van der Waals surface area contributed by atoms with Gasteiger partial charge < -0.3 is 10.3 Å². The molecule has 0 aliphatic carbocycles. The van der Waals surface area contributed by atoms with Crippen LogP contribution in [0.15, 0.2) is 10.6 Å². The Labute approximate surface area is 65.0 Å². The standard InChI is InChI=1S/C4H4IN3O/c5-3-1-2(4(6)7)9-8-3/h1H,(H3,6,7). The lowest BCUT2D eigenvalue weighted by atomic mass is 10.4. The molecule has 0 aliphatic heterocycles. The van der Waals surface area contributed by atoms with Crippen molar-refractivity contribution in [1.82, 2.24) is 5.16 Å². The number of aromatic nitrogens is 1. The van der Waals surface area contributed by atoms with Gasteiger partial charge >= 0.3 is 0 Å². The second-order valence-electron chi connectivity index (χ2n) is 1.43. The van der Waals surface area contributed by atoms with Crippen LogP contribution in [-0.4, -0.2) is 11.0 Å². The average Bonchev–Trinajstić information content (AvgIpc) is 2.14. The molecule has 0 saturated carbocycles. The number of hydrogen-bond acceptors (Lipinski definition) is 3. The monoisotopic (exact) mass is 237 g/mol. The minimum atomic E-state index is -0.0922. The summed E-state index contributed by atoms with van der Waals surface area (Å²) in [4.78, 5) is 0. The maximum Gasteiger partial charge on any atom is 0.202 e. The third kappa shape index (κ3) is 1.41. The second-order valence-corrected chi connectivity index (χ2v) is 2.53. The van der Waals surface area contributed by atoms with Crippen molar-refractivity contribution in [2.45, 2.75) is 0 Å². The molecule has 0 radical (unpaired) electrons. The molecule has 0 amide bonds. The van der Waals surface area contributed by atoms with Gasteiger partial charge in [0.1, 0.15) is 3.70 Å². The summed E-state index contributed by atoms with van der Waals surface area (Å²) in [6.07, 6.45) is 0. The highest BCUT2D eigenvalue weighted by Crippen LogP contribution is 2.03. The molecule has 48 valence electrons. The van der Waals surface area contributed by atoms with E-state index < -0.39 is 0 Å². The van der Waals surface area contributed by atoms with Crippen LogP contribution in [-0.2, 0) is 0 Å². The fourth-order valence-corrected chi connectivity index (χ4v) is 0.762. The van der Waals surface area contributed by atoms with E-state index in [4.69, 9.17) is 11.1 Å². The van der Waals surface area contributed by atoms with Gasteiger partial charge in [-0.05, 0) is 22.6 Å². The molecule has 0 aliphatic rings. The first-order chi connectivity index (χ1) is 4.20. The molecule has 0 bridgehead atoms. The van der Waals surface area contributed by atoms with Crippen LogP contribution in [0.4, 0.5) is 0 Å². The van der Waals surface area contributed by atoms with Crippen LogP contribution in [0, 0.1) is 9.11 Å². The second kappa shape index (κ2) is 2.34. The first-order valence-corrected chi connectivity index (χ1v) is 3.24. The Bertz CT molecular complexity index is 231. The maximum absolute atomic E-state index is 6.89. The van der Waals surface area contributed by atoms with Gasteiger partial charge in [0, 0.05) is 6.07 Å². The number of hydrogen-bond donors (Lipinski definition) is 2. The Morgan fingerprint density at radius 1 is 1.89 bits per heavy atom. The SMILES string of the molecule is N=C(N)c1cc(I)no1. The quantitative estimate of drug-likeness (QED) is 0.425. The van der Waals surface area contributed by atoms with Crippen molar-refractivity contribution in [2.24, 2.45) is 5.73 Å². The summed E-state index contributed by atoms with van der Waals surface area (Å²) in [6, 6.07) is 1.60. The lowest BCUT2D eigenvalue weighted by Gasteiger charge is -1.82. The van der Waals surface area contributed by atoms with Gasteiger partial charge in [0.05, 0.1) is 0 Å². The Hall–Kier alpha value is -0.590. The molecular weight excluding hydrogens is 233 g/mol. The van der Waals surface area contributed by atoms with E-state index in [1.165, 1.54) is 0 Å². The molecule has 5 heteroatoms. The largest absolute Gasteiger partial charge is 0.381 e. The first kappa shape index (κ1) is 6.53. The molecule has 0 fully saturated rings. The molecule has 0 unspecified atom stereocenters. The van der Waals surface area contributed by atoms with Gasteiger partial charge in [-0.2, -0.15) is 0 Å². The number of nitrogens with two attached hydrogens (primary N) is 1. The Kier molecular flexibility index (Phi) is 1.70. The summed E-state index contributed by atoms with van der Waals surface area (Å²) >= 11 is 1.98. The van der Waals surface area contributed by atoms with Gasteiger partial charge in [0.15, 0.2) is 5.84 Å². The van der Waals surface area contributed by atoms with E-state index in [1.54, 1.807) is 6.07 Å². The zero-order chi connectivity index (χ0) is 6.85. The number of nitrogen functional groups attached to an aromatic ring is 1. The van der Waals surface area contributed by atoms with Gasteiger partial charge in [-0.25, -0.2) is 0 Å². The van der Waals surface area contributed by atoms with Gasteiger partial charge in [0.25, 0.3) is 0 Å². The van der Waals surface area contributed by atoms with Crippen LogP contribution >= 0.6 is 22.6 Å². The van der Waals surface area contributed by atoms with E-state index in [-0.39, 0.29) is 5.84 Å². The lowest BCUT2D eigenvalue weighted by Crippen LogP contribution is -2.09. The molecule has 1 heterocycles. The molecule has 3 N–H and O–H groups in total. The van der Waals surface area contributed by atoms with E-state index in [0.29, 0.717) is 9.46 Å². The van der Waals surface area contributed by atoms with Gasteiger partial charge in [0.2, 0.25) is 5.76 Å². The van der Waals surface area contributed by atoms with Gasteiger partial charge in [-0.3, -0.25) is 5.41 Å². The van der Waals surface area contributed by atoms with Crippen LogP contribution in [0.2, 0.25) is 0 Å². The summed E-state index contributed by atoms with van der Waals surface area (Å²) in [7, 11) is 0. The van der Waals surface area contributed by atoms with Crippen molar-refractivity contribution < 1.29 is 4.52 Å². The highest BCUT2D eigenvalue weighted by atomic mass is 127. The Morgan fingerprint density at radius 3 is 2.78 bits per heavy atom. The molecule has 1 aromatic heterocycles. The van der Waals surface area contributed by atoms with Gasteiger partial charge in [-0.1, -0.05) is 5.16 Å². The number of amidine groups is 1. The topological polar surface area (TPSA) is 75.9 Å². The zero-order valence-electron chi connectivity index (χ0n) is 4.39. The Balaban J connectivity index is 2.98. The number of nitrogens with zero attached hydrogens (tertiary/aromatic N) is 1. The van der Waals surface area contributed by atoms with Crippen LogP contribution in [0.5, 0.6) is 0 Å². The van der Waals surface area contributed by atoms with Gasteiger partial charge in [-0.15, -0.1) is 0 Å².